The van der Waals surface area contributed by atoms with Crippen molar-refractivity contribution < 1.29 is 9.53 Å². The van der Waals surface area contributed by atoms with Gasteiger partial charge in [-0.15, -0.1) is 10.2 Å². The molecule has 1 aromatic carbocycles. The number of rotatable bonds is 2. The van der Waals surface area contributed by atoms with Crippen molar-refractivity contribution >= 4 is 11.6 Å². The number of nitrogens with zero attached hydrogens (tertiary/aromatic N) is 3. The molecule has 0 amide bonds. The van der Waals surface area contributed by atoms with Crippen molar-refractivity contribution in [2.45, 2.75) is 6.92 Å². The summed E-state index contributed by atoms with van der Waals surface area (Å²) >= 11 is 0. The Morgan fingerprint density at radius 2 is 2.36 bits per heavy atom. The first-order chi connectivity index (χ1) is 6.86. The molecule has 5 nitrogen and oxygen atoms in total. The first-order valence-electron chi connectivity index (χ1n) is 4.16. The summed E-state index contributed by atoms with van der Waals surface area (Å²) in [5, 5.41) is 11.7. The molecule has 0 saturated carbocycles. The molecule has 0 atom stereocenters. The summed E-state index contributed by atoms with van der Waals surface area (Å²) < 4.78 is 5.25. The highest BCUT2D eigenvalue weighted by molar-refractivity contribution is 5.55. The Hall–Kier alpha value is -2.00. The highest BCUT2D eigenvalue weighted by Crippen LogP contribution is 2.11. The monoisotopic (exact) mass is 189 g/mol. The van der Waals surface area contributed by atoms with E-state index in [0.29, 0.717) is 23.4 Å². The molecule has 1 aliphatic heterocycles. The number of fused-ring (bicyclic) bond motifs is 1. The fraction of sp³-hybridized carbons (Fsp3) is 0.222. The van der Waals surface area contributed by atoms with E-state index in [9.17, 15) is 4.79 Å². The number of ether oxygens (including phenoxy) is 1. The zero-order valence-electron chi connectivity index (χ0n) is 7.52. The van der Waals surface area contributed by atoms with E-state index in [1.165, 1.54) is 0 Å². The van der Waals surface area contributed by atoms with Gasteiger partial charge in [0.25, 0.3) is 0 Å². The Bertz CT molecular complexity index is 530. The van der Waals surface area contributed by atoms with Crippen LogP contribution in [0.3, 0.4) is 0 Å². The Morgan fingerprint density at radius 1 is 1.50 bits per heavy atom. The second-order valence-corrected chi connectivity index (χ2v) is 2.63. The topological polar surface area (TPSA) is 63.4 Å². The minimum atomic E-state index is 0.286. The lowest BCUT2D eigenvalue weighted by Crippen LogP contribution is -2.27. The molecule has 1 heterocycles. The average molecular weight is 189 g/mol. The van der Waals surface area contributed by atoms with E-state index in [1.54, 1.807) is 18.1 Å². The molecule has 1 aromatic rings. The summed E-state index contributed by atoms with van der Waals surface area (Å²) in [5.41, 5.74) is 0.576. The SMILES string of the molecule is CCOc1ccc2c(c1=C=O)=NN=N2. The Labute approximate surface area is 79.4 Å². The van der Waals surface area contributed by atoms with Crippen LogP contribution in [0.5, 0.6) is 5.75 Å². The van der Waals surface area contributed by atoms with Gasteiger partial charge in [-0.25, -0.2) is 4.79 Å². The van der Waals surface area contributed by atoms with Crippen LogP contribution in [0.4, 0.5) is 5.69 Å². The maximum atomic E-state index is 10.7. The first-order valence-corrected chi connectivity index (χ1v) is 4.16. The standard InChI is InChI=1S/C9H7N3O2/c1-2-14-8-4-3-7-9(6(8)5-13)11-12-10-7/h3-4H,2H2,1H3. The van der Waals surface area contributed by atoms with Crippen molar-refractivity contribution in [1.29, 1.82) is 0 Å². The molecular weight excluding hydrogens is 182 g/mol. The lowest BCUT2D eigenvalue weighted by Gasteiger charge is -2.01. The van der Waals surface area contributed by atoms with E-state index in [1.807, 2.05) is 6.92 Å². The molecule has 1 aliphatic rings. The second kappa shape index (κ2) is 3.40. The molecule has 2 rings (SSSR count). The second-order valence-electron chi connectivity index (χ2n) is 2.63. The van der Waals surface area contributed by atoms with Crippen molar-refractivity contribution in [3.8, 4) is 5.75 Å². The molecule has 0 aliphatic carbocycles. The zero-order valence-corrected chi connectivity index (χ0v) is 7.52. The van der Waals surface area contributed by atoms with E-state index in [4.69, 9.17) is 4.74 Å². The summed E-state index contributed by atoms with van der Waals surface area (Å²) in [6.45, 7) is 2.33. The predicted octanol–water partition coefficient (Wildman–Crippen LogP) is 0.220. The molecule has 5 heteroatoms. The minimum absolute atomic E-state index is 0.286. The molecule has 0 N–H and O–H groups in total. The van der Waals surface area contributed by atoms with Crippen molar-refractivity contribution in [3.63, 3.8) is 0 Å². The van der Waals surface area contributed by atoms with Crippen LogP contribution >= 0.6 is 0 Å². The third-order valence-corrected chi connectivity index (χ3v) is 1.82. The smallest absolute Gasteiger partial charge is 0.140 e. The molecule has 0 saturated heterocycles. The average Bonchev–Trinajstić information content (AvgIpc) is 2.66. The number of benzene rings is 1. The third kappa shape index (κ3) is 1.20. The molecule has 0 aromatic heterocycles. The lowest BCUT2D eigenvalue weighted by molar-refractivity contribution is 0.337. The van der Waals surface area contributed by atoms with E-state index in [2.05, 4.69) is 15.4 Å². The van der Waals surface area contributed by atoms with Crippen LogP contribution in [0.15, 0.2) is 27.6 Å². The highest BCUT2D eigenvalue weighted by Gasteiger charge is 2.08. The minimum Gasteiger partial charge on any atom is -0.492 e. The molecule has 0 fully saturated rings. The van der Waals surface area contributed by atoms with Crippen LogP contribution < -0.4 is 15.3 Å². The summed E-state index contributed by atoms with van der Waals surface area (Å²) in [7, 11) is 0. The van der Waals surface area contributed by atoms with Gasteiger partial charge >= 0.3 is 0 Å². The summed E-state index contributed by atoms with van der Waals surface area (Å²) in [6, 6.07) is 3.38. The largest absolute Gasteiger partial charge is 0.492 e. The van der Waals surface area contributed by atoms with Crippen LogP contribution in [0, 0.1) is 0 Å². The molecule has 0 unspecified atom stereocenters. The first kappa shape index (κ1) is 8.59. The van der Waals surface area contributed by atoms with Gasteiger partial charge in [0.1, 0.15) is 28.0 Å². The van der Waals surface area contributed by atoms with Gasteiger partial charge in [-0.1, -0.05) is 0 Å². The van der Waals surface area contributed by atoms with Gasteiger partial charge in [0.2, 0.25) is 0 Å². The normalized spacial score (nSPS) is 11.8. The van der Waals surface area contributed by atoms with Gasteiger partial charge < -0.3 is 4.74 Å². The molecule has 70 valence electrons. The molecular formula is C9H7N3O2. The van der Waals surface area contributed by atoms with Crippen LogP contribution in [0.2, 0.25) is 0 Å². The van der Waals surface area contributed by atoms with Crippen molar-refractivity contribution in [3.05, 3.63) is 22.7 Å². The maximum Gasteiger partial charge on any atom is 0.140 e. The van der Waals surface area contributed by atoms with Crippen molar-refractivity contribution in [2.75, 3.05) is 6.61 Å². The molecule has 0 bridgehead atoms. The number of hydrogen-bond acceptors (Lipinski definition) is 5. The fourth-order valence-corrected chi connectivity index (χ4v) is 1.23. The van der Waals surface area contributed by atoms with Crippen molar-refractivity contribution in [1.82, 2.24) is 0 Å². The van der Waals surface area contributed by atoms with Gasteiger partial charge in [0.15, 0.2) is 0 Å². The van der Waals surface area contributed by atoms with E-state index >= 15 is 0 Å². The third-order valence-electron chi connectivity index (χ3n) is 1.82. The lowest BCUT2D eigenvalue weighted by atomic mass is 10.2. The van der Waals surface area contributed by atoms with Crippen LogP contribution in [0.1, 0.15) is 6.92 Å². The fourth-order valence-electron chi connectivity index (χ4n) is 1.23. The van der Waals surface area contributed by atoms with E-state index in [-0.39, 0.29) is 5.22 Å². The maximum absolute atomic E-state index is 10.7. The van der Waals surface area contributed by atoms with Crippen LogP contribution in [-0.4, -0.2) is 12.5 Å². The Balaban J connectivity index is 2.75. The van der Waals surface area contributed by atoms with Gasteiger partial charge in [-0.2, -0.15) is 0 Å². The molecule has 0 radical (unpaired) electrons. The van der Waals surface area contributed by atoms with Gasteiger partial charge in [0, 0.05) is 0 Å². The summed E-state index contributed by atoms with van der Waals surface area (Å²) in [5.74, 6) is 2.26. The number of hydrogen-bond donors (Lipinski definition) is 0. The zero-order chi connectivity index (χ0) is 9.97. The Kier molecular flexibility index (Phi) is 2.08. The van der Waals surface area contributed by atoms with E-state index < -0.39 is 0 Å². The van der Waals surface area contributed by atoms with Gasteiger partial charge in [-0.05, 0) is 24.3 Å². The summed E-state index contributed by atoms with van der Waals surface area (Å²) in [4.78, 5) is 10.7. The van der Waals surface area contributed by atoms with Crippen LogP contribution in [-0.2, 0) is 4.79 Å². The van der Waals surface area contributed by atoms with E-state index in [0.717, 1.165) is 0 Å². The molecule has 14 heavy (non-hydrogen) atoms. The summed E-state index contributed by atoms with van der Waals surface area (Å²) in [6.07, 6.45) is 0. The quantitative estimate of drug-likeness (QED) is 0.668. The van der Waals surface area contributed by atoms with Crippen LogP contribution in [0.25, 0.3) is 0 Å². The predicted molar refractivity (Wildman–Crippen MR) is 47.7 cm³/mol. The Morgan fingerprint density at radius 3 is 3.07 bits per heavy atom. The number of carbonyl (C=O) groups excluding carboxylic acids is 1. The highest BCUT2D eigenvalue weighted by atomic mass is 16.5. The molecule has 0 spiro atoms. The van der Waals surface area contributed by atoms with Gasteiger partial charge in [-0.3, -0.25) is 0 Å². The van der Waals surface area contributed by atoms with Crippen molar-refractivity contribution in [2.24, 2.45) is 15.4 Å². The van der Waals surface area contributed by atoms with Gasteiger partial charge in [0.05, 0.1) is 6.61 Å².